The first-order valence-electron chi connectivity index (χ1n) is 30.0. The molecule has 3 aromatic heterocycles. The highest BCUT2D eigenvalue weighted by Gasteiger charge is 2.37. The Hall–Kier alpha value is -6.89. The quantitative estimate of drug-likeness (QED) is 0.0816. The molecule has 1 aliphatic carbocycles. The van der Waals surface area contributed by atoms with Crippen molar-refractivity contribution in [2.75, 3.05) is 110 Å². The average molecular weight is 1110 g/mol. The molecule has 7 heterocycles. The van der Waals surface area contributed by atoms with E-state index in [-0.39, 0.29) is 47.6 Å². The molecule has 5 aliphatic rings. The van der Waals surface area contributed by atoms with Crippen LogP contribution in [0.4, 0.5) is 5.69 Å². The molecule has 1 saturated carbocycles. The second-order valence-electron chi connectivity index (χ2n) is 22.9. The van der Waals surface area contributed by atoms with Gasteiger partial charge in [-0.3, -0.25) is 38.8 Å². The van der Waals surface area contributed by atoms with Crippen LogP contribution in [-0.4, -0.2) is 174 Å². The number of aromatic nitrogens is 3. The number of fused-ring (bicyclic) bond motifs is 1. The Morgan fingerprint density at radius 2 is 1.53 bits per heavy atom. The van der Waals surface area contributed by atoms with E-state index in [1.807, 2.05) is 102 Å². The SMILES string of the molecule is CCOc1cc(OC)ccc1CNCC(=O)N1CCCC(c2cccc(C(=O)N[C@@H](C(=O)N3CCC(CN4CCN(C(=O)c5ccc(N6CCN(Cc7cnc8cc(CC)c(=O)[nH]c8c7)CC6)cn5)CC4)CC3)C3CCCCC3)c2)C1. The summed E-state index contributed by atoms with van der Waals surface area (Å²) in [7, 11) is 1.63. The molecular formula is C63H83N11O7. The van der Waals surface area contributed by atoms with Gasteiger partial charge in [-0.05, 0) is 117 Å². The number of anilines is 1. The number of H-pyrrole nitrogens is 1. The van der Waals surface area contributed by atoms with Crippen LogP contribution in [0.1, 0.15) is 121 Å². The van der Waals surface area contributed by atoms with Gasteiger partial charge in [0.2, 0.25) is 11.8 Å². The maximum Gasteiger partial charge on any atom is 0.272 e. The van der Waals surface area contributed by atoms with Crippen molar-refractivity contribution in [3.8, 4) is 11.5 Å². The highest BCUT2D eigenvalue weighted by molar-refractivity contribution is 5.98. The minimum absolute atomic E-state index is 0.0332. The lowest BCUT2D eigenvalue weighted by atomic mass is 9.82. The summed E-state index contributed by atoms with van der Waals surface area (Å²) in [5, 5.41) is 6.59. The topological polar surface area (TPSA) is 189 Å². The number of aromatic amines is 1. The Morgan fingerprint density at radius 3 is 2.27 bits per heavy atom. The van der Waals surface area contributed by atoms with Crippen LogP contribution in [0.3, 0.4) is 0 Å². The summed E-state index contributed by atoms with van der Waals surface area (Å²) in [4.78, 5) is 93.6. The molecule has 4 aliphatic heterocycles. The van der Waals surface area contributed by atoms with Crippen LogP contribution in [0.15, 0.2) is 83.9 Å². The number of amides is 4. The lowest BCUT2D eigenvalue weighted by molar-refractivity contribution is -0.136. The van der Waals surface area contributed by atoms with Gasteiger partial charge in [0.1, 0.15) is 23.2 Å². The summed E-state index contributed by atoms with van der Waals surface area (Å²) in [6.45, 7) is 15.8. The Kier molecular flexibility index (Phi) is 19.3. The van der Waals surface area contributed by atoms with E-state index in [9.17, 15) is 24.0 Å². The molecule has 2 atom stereocenters. The molecule has 0 spiro atoms. The van der Waals surface area contributed by atoms with Crippen molar-refractivity contribution in [2.45, 2.75) is 103 Å². The molecule has 2 aromatic carbocycles. The van der Waals surface area contributed by atoms with Gasteiger partial charge in [0, 0.05) is 133 Å². The molecule has 3 N–H and O–H groups in total. The smallest absolute Gasteiger partial charge is 0.272 e. The number of likely N-dealkylation sites (tertiary alicyclic amines) is 2. The number of ether oxygens (including phenoxy) is 2. The molecule has 4 amide bonds. The second-order valence-corrected chi connectivity index (χ2v) is 22.9. The van der Waals surface area contributed by atoms with E-state index < -0.39 is 6.04 Å². The highest BCUT2D eigenvalue weighted by Crippen LogP contribution is 2.32. The molecule has 5 fully saturated rings. The van der Waals surface area contributed by atoms with Gasteiger partial charge in [-0.25, -0.2) is 4.98 Å². The number of carbonyl (C=O) groups is 4. The number of methoxy groups -OCH3 is 1. The van der Waals surface area contributed by atoms with Crippen LogP contribution in [0.5, 0.6) is 11.5 Å². The van der Waals surface area contributed by atoms with Crippen LogP contribution in [-0.2, 0) is 29.1 Å². The number of piperidine rings is 2. The van der Waals surface area contributed by atoms with E-state index in [1.165, 1.54) is 0 Å². The molecule has 0 bridgehead atoms. The Balaban J connectivity index is 0.655. The number of hydrogen-bond donors (Lipinski definition) is 3. The van der Waals surface area contributed by atoms with E-state index in [4.69, 9.17) is 9.47 Å². The maximum absolute atomic E-state index is 14.5. The van der Waals surface area contributed by atoms with Crippen molar-refractivity contribution in [3.63, 3.8) is 0 Å². The molecule has 5 aromatic rings. The second kappa shape index (κ2) is 27.3. The normalized spacial score (nSPS) is 19.4. The van der Waals surface area contributed by atoms with Gasteiger partial charge in [0.25, 0.3) is 17.4 Å². The summed E-state index contributed by atoms with van der Waals surface area (Å²) in [6.07, 6.45) is 13.1. The van der Waals surface area contributed by atoms with Crippen LogP contribution >= 0.6 is 0 Å². The van der Waals surface area contributed by atoms with E-state index in [0.717, 1.165) is 161 Å². The van der Waals surface area contributed by atoms with Crippen molar-refractivity contribution in [2.24, 2.45) is 11.8 Å². The first-order chi connectivity index (χ1) is 39.5. The van der Waals surface area contributed by atoms with Crippen LogP contribution in [0.25, 0.3) is 11.0 Å². The highest BCUT2D eigenvalue weighted by atomic mass is 16.5. The fraction of sp³-hybridized carbons (Fsp3) is 0.540. The third-order valence-corrected chi connectivity index (χ3v) is 17.7. The summed E-state index contributed by atoms with van der Waals surface area (Å²) < 4.78 is 11.2. The van der Waals surface area contributed by atoms with Crippen molar-refractivity contribution < 1.29 is 28.7 Å². The first kappa shape index (κ1) is 57.3. The molecule has 18 heteroatoms. The van der Waals surface area contributed by atoms with Crippen LogP contribution in [0, 0.1) is 11.8 Å². The van der Waals surface area contributed by atoms with Crippen LogP contribution in [0.2, 0.25) is 0 Å². The number of benzene rings is 2. The zero-order valence-corrected chi connectivity index (χ0v) is 47.8. The number of aryl methyl sites for hydroxylation is 1. The minimum Gasteiger partial charge on any atom is -0.497 e. The fourth-order valence-corrected chi connectivity index (χ4v) is 12.8. The molecule has 10 rings (SSSR count). The van der Waals surface area contributed by atoms with Crippen molar-refractivity contribution >= 4 is 40.3 Å². The summed E-state index contributed by atoms with van der Waals surface area (Å²) in [6, 6.07) is 20.7. The number of nitrogens with zero attached hydrogens (tertiary/aromatic N) is 8. The van der Waals surface area contributed by atoms with Gasteiger partial charge in [-0.2, -0.15) is 0 Å². The Bertz CT molecular complexity index is 3010. The zero-order valence-electron chi connectivity index (χ0n) is 47.8. The predicted octanol–water partition coefficient (Wildman–Crippen LogP) is 6.48. The van der Waals surface area contributed by atoms with Gasteiger partial charge < -0.3 is 44.7 Å². The average Bonchev–Trinajstić information content (AvgIpc) is 3.51. The molecule has 4 saturated heterocycles. The van der Waals surface area contributed by atoms with E-state index >= 15 is 0 Å². The van der Waals surface area contributed by atoms with Gasteiger partial charge >= 0.3 is 0 Å². The third-order valence-electron chi connectivity index (χ3n) is 17.7. The van der Waals surface area contributed by atoms with Crippen molar-refractivity contribution in [3.05, 3.63) is 123 Å². The van der Waals surface area contributed by atoms with Gasteiger partial charge in [-0.1, -0.05) is 44.4 Å². The number of hydrogen-bond acceptors (Lipinski definition) is 13. The van der Waals surface area contributed by atoms with E-state index in [2.05, 4.69) is 46.4 Å². The summed E-state index contributed by atoms with van der Waals surface area (Å²) in [5.74, 6) is 1.94. The van der Waals surface area contributed by atoms with Gasteiger partial charge in [0.15, 0.2) is 0 Å². The number of pyridine rings is 3. The van der Waals surface area contributed by atoms with E-state index in [1.54, 1.807) is 7.11 Å². The summed E-state index contributed by atoms with van der Waals surface area (Å²) in [5.41, 5.74) is 7.38. The number of rotatable bonds is 19. The molecule has 0 radical (unpaired) electrons. The molecule has 432 valence electrons. The van der Waals surface area contributed by atoms with Crippen molar-refractivity contribution in [1.82, 2.24) is 50.1 Å². The molecule has 18 nitrogen and oxygen atoms in total. The molecule has 81 heavy (non-hydrogen) atoms. The Labute approximate surface area is 476 Å². The third kappa shape index (κ3) is 14.4. The standard InChI is InChI=1S/C63H83N11O7/c1-4-46-35-55-56(67-60(46)76)33-45(37-65-55)42-70-25-29-71(30-26-70)52-17-19-54(66-39-52)62(78)73-31-27-69(28-32-73)41-44-20-23-72(24-21-44)63(79)59(47-11-7-6-8-12-47)68-61(77)49-14-9-13-48(34-49)51-15-10-22-74(43-51)58(75)40-64-38-50-16-18-53(80-3)36-57(50)81-5-2/h9,13-14,16-19,33-37,39,44,47,51,59,64H,4-8,10-12,15,20-32,38,40-43H2,1-3H3,(H,67,76)(H,68,77)/t51?,59-/m1/s1. The number of nitrogens with one attached hydrogen (secondary N) is 3. The zero-order chi connectivity index (χ0) is 56.2. The minimum atomic E-state index is -0.571. The number of carbonyl (C=O) groups excluding carboxylic acids is 4. The van der Waals surface area contributed by atoms with Crippen molar-refractivity contribution in [1.29, 1.82) is 0 Å². The molecular weight excluding hydrogens is 1020 g/mol. The van der Waals surface area contributed by atoms with Gasteiger partial charge in [-0.15, -0.1) is 0 Å². The van der Waals surface area contributed by atoms with E-state index in [0.29, 0.717) is 76.0 Å². The lowest BCUT2D eigenvalue weighted by Gasteiger charge is -2.40. The van der Waals surface area contributed by atoms with Crippen LogP contribution < -0.4 is 30.6 Å². The maximum atomic E-state index is 14.5. The van der Waals surface area contributed by atoms with Gasteiger partial charge in [0.05, 0.1) is 43.2 Å². The first-order valence-corrected chi connectivity index (χ1v) is 30.0. The fourth-order valence-electron chi connectivity index (χ4n) is 12.8. The molecule has 1 unspecified atom stereocenters. The number of piperazine rings is 2. The Morgan fingerprint density at radius 1 is 0.741 bits per heavy atom. The largest absolute Gasteiger partial charge is 0.497 e. The summed E-state index contributed by atoms with van der Waals surface area (Å²) >= 11 is 0. The monoisotopic (exact) mass is 1110 g/mol. The lowest BCUT2D eigenvalue weighted by Crippen LogP contribution is -2.55. The predicted molar refractivity (Wildman–Crippen MR) is 314 cm³/mol.